The molecule has 0 aliphatic carbocycles. The van der Waals surface area contributed by atoms with E-state index in [9.17, 15) is 4.79 Å². The molecule has 5 nitrogen and oxygen atoms in total. The summed E-state index contributed by atoms with van der Waals surface area (Å²) in [5.41, 5.74) is 4.80. The average Bonchev–Trinajstić information content (AvgIpc) is 3.29. The molecule has 3 heterocycles. The largest absolute Gasteiger partial charge is 0.335 e. The first kappa shape index (κ1) is 19.5. The van der Waals surface area contributed by atoms with E-state index in [2.05, 4.69) is 53.0 Å². The third kappa shape index (κ3) is 3.25. The van der Waals surface area contributed by atoms with E-state index in [1.165, 1.54) is 11.1 Å². The molecule has 4 rings (SSSR count). The highest BCUT2D eigenvalue weighted by atomic mass is 35.5. The molecule has 150 valence electrons. The summed E-state index contributed by atoms with van der Waals surface area (Å²) >= 11 is 6.52. The maximum atomic E-state index is 12.4. The molecule has 0 unspecified atom stereocenters. The quantitative estimate of drug-likeness (QED) is 0.787. The lowest BCUT2D eigenvalue weighted by Crippen LogP contribution is -2.34. The van der Waals surface area contributed by atoms with E-state index in [4.69, 9.17) is 11.6 Å². The lowest BCUT2D eigenvalue weighted by Gasteiger charge is -2.30. The van der Waals surface area contributed by atoms with Crippen molar-refractivity contribution in [1.29, 1.82) is 0 Å². The lowest BCUT2D eigenvalue weighted by atomic mass is 9.87. The van der Waals surface area contributed by atoms with Gasteiger partial charge < -0.3 is 4.90 Å². The summed E-state index contributed by atoms with van der Waals surface area (Å²) < 4.78 is 1.78. The number of likely N-dealkylation sites (tertiary alicyclic amines) is 2. The second-order valence-electron chi connectivity index (χ2n) is 8.28. The van der Waals surface area contributed by atoms with Crippen molar-refractivity contribution in [2.45, 2.75) is 39.8 Å². The van der Waals surface area contributed by atoms with Crippen LogP contribution in [0.3, 0.4) is 0 Å². The summed E-state index contributed by atoms with van der Waals surface area (Å²) in [6.45, 7) is 9.65. The first-order valence-electron chi connectivity index (χ1n) is 10.2. The van der Waals surface area contributed by atoms with Gasteiger partial charge in [-0.1, -0.05) is 42.8 Å². The Morgan fingerprint density at radius 2 is 2.00 bits per heavy atom. The Kier molecular flexibility index (Phi) is 5.23. The minimum atomic E-state index is 0.170. The average molecular weight is 401 g/mol. The topological polar surface area (TPSA) is 41.4 Å². The molecule has 0 N–H and O–H groups in total. The van der Waals surface area contributed by atoms with Crippen molar-refractivity contribution >= 4 is 17.5 Å². The monoisotopic (exact) mass is 400 g/mol. The van der Waals surface area contributed by atoms with Gasteiger partial charge in [0, 0.05) is 51.6 Å². The zero-order chi connectivity index (χ0) is 20.0. The summed E-state index contributed by atoms with van der Waals surface area (Å²) in [5, 5.41) is 5.30. The van der Waals surface area contributed by atoms with Crippen LogP contribution in [-0.4, -0.2) is 45.1 Å². The van der Waals surface area contributed by atoms with E-state index in [-0.39, 0.29) is 11.9 Å². The molecule has 2 aliphatic heterocycles. The van der Waals surface area contributed by atoms with Crippen LogP contribution in [0.2, 0.25) is 5.15 Å². The number of carbonyl (C=O) groups is 1. The van der Waals surface area contributed by atoms with Crippen molar-refractivity contribution in [1.82, 2.24) is 19.6 Å². The molecule has 28 heavy (non-hydrogen) atoms. The molecule has 1 aromatic heterocycles. The van der Waals surface area contributed by atoms with Gasteiger partial charge in [0.15, 0.2) is 0 Å². The summed E-state index contributed by atoms with van der Waals surface area (Å²) in [6.07, 6.45) is 0.889. The first-order chi connectivity index (χ1) is 13.4. The third-order valence-corrected chi connectivity index (χ3v) is 6.99. The Bertz CT molecular complexity index is 893. The van der Waals surface area contributed by atoms with Gasteiger partial charge >= 0.3 is 0 Å². The van der Waals surface area contributed by atoms with Gasteiger partial charge in [-0.25, -0.2) is 0 Å². The lowest BCUT2D eigenvalue weighted by molar-refractivity contribution is -0.130. The summed E-state index contributed by atoms with van der Waals surface area (Å²) in [7, 11) is 1.91. The van der Waals surface area contributed by atoms with Gasteiger partial charge in [-0.2, -0.15) is 5.10 Å². The Morgan fingerprint density at radius 1 is 1.25 bits per heavy atom. The number of hydrogen-bond donors (Lipinski definition) is 0. The highest BCUT2D eigenvalue weighted by Gasteiger charge is 2.48. The van der Waals surface area contributed by atoms with Crippen LogP contribution in [0.15, 0.2) is 24.3 Å². The van der Waals surface area contributed by atoms with Crippen LogP contribution in [0.25, 0.3) is 0 Å². The molecule has 2 saturated heterocycles. The smallest absolute Gasteiger partial charge is 0.219 e. The fourth-order valence-electron chi connectivity index (χ4n) is 5.17. The van der Waals surface area contributed by atoms with Crippen molar-refractivity contribution < 1.29 is 4.79 Å². The molecule has 2 aromatic rings. The van der Waals surface area contributed by atoms with Crippen molar-refractivity contribution in [3.63, 3.8) is 0 Å². The molecular weight excluding hydrogens is 372 g/mol. The van der Waals surface area contributed by atoms with Crippen LogP contribution >= 0.6 is 11.6 Å². The molecule has 2 aliphatic rings. The Morgan fingerprint density at radius 3 is 2.68 bits per heavy atom. The van der Waals surface area contributed by atoms with Gasteiger partial charge in [-0.15, -0.1) is 0 Å². The van der Waals surface area contributed by atoms with E-state index in [1.54, 1.807) is 11.6 Å². The summed E-state index contributed by atoms with van der Waals surface area (Å²) in [5.74, 6) is 1.15. The SMILES string of the molecule is CCc1nn(C)c(Cl)c1CN1C[C@@H]2CN(C(C)=O)[C@H](c3ccccc3C)[C@@H]2C1. The van der Waals surface area contributed by atoms with Gasteiger partial charge in [0.25, 0.3) is 0 Å². The van der Waals surface area contributed by atoms with Crippen molar-refractivity contribution in [2.24, 2.45) is 18.9 Å². The second-order valence-corrected chi connectivity index (χ2v) is 8.64. The number of aryl methyl sites for hydroxylation is 3. The Labute approximate surface area is 172 Å². The van der Waals surface area contributed by atoms with Gasteiger partial charge in [0.05, 0.1) is 11.7 Å². The van der Waals surface area contributed by atoms with Crippen molar-refractivity contribution in [3.05, 3.63) is 51.8 Å². The molecule has 1 amide bonds. The van der Waals surface area contributed by atoms with E-state index >= 15 is 0 Å². The maximum absolute atomic E-state index is 12.4. The second kappa shape index (κ2) is 7.53. The van der Waals surface area contributed by atoms with Gasteiger partial charge in [0.1, 0.15) is 5.15 Å². The molecule has 6 heteroatoms. The summed E-state index contributed by atoms with van der Waals surface area (Å²) in [4.78, 5) is 16.9. The number of halogens is 1. The number of hydrogen-bond acceptors (Lipinski definition) is 3. The fraction of sp³-hybridized carbons (Fsp3) is 0.545. The number of amides is 1. The third-order valence-electron chi connectivity index (χ3n) is 6.52. The predicted octanol–water partition coefficient (Wildman–Crippen LogP) is 3.60. The van der Waals surface area contributed by atoms with E-state index in [1.807, 2.05) is 7.05 Å². The van der Waals surface area contributed by atoms with Crippen LogP contribution in [0.1, 0.15) is 42.3 Å². The maximum Gasteiger partial charge on any atom is 0.219 e. The van der Waals surface area contributed by atoms with Crippen molar-refractivity contribution in [2.75, 3.05) is 19.6 Å². The van der Waals surface area contributed by atoms with Crippen LogP contribution in [0.5, 0.6) is 0 Å². The fourth-order valence-corrected chi connectivity index (χ4v) is 5.38. The highest BCUT2D eigenvalue weighted by Crippen LogP contribution is 2.46. The highest BCUT2D eigenvalue weighted by molar-refractivity contribution is 6.30. The molecule has 0 saturated carbocycles. The number of aromatic nitrogens is 2. The van der Waals surface area contributed by atoms with Gasteiger partial charge in [-0.3, -0.25) is 14.4 Å². The Balaban J connectivity index is 1.59. The number of nitrogens with zero attached hydrogens (tertiary/aromatic N) is 4. The minimum absolute atomic E-state index is 0.170. The minimum Gasteiger partial charge on any atom is -0.335 e. The van der Waals surface area contributed by atoms with E-state index in [0.29, 0.717) is 11.8 Å². The van der Waals surface area contributed by atoms with E-state index < -0.39 is 0 Å². The van der Waals surface area contributed by atoms with Crippen molar-refractivity contribution in [3.8, 4) is 0 Å². The van der Waals surface area contributed by atoms with Crippen LogP contribution in [-0.2, 0) is 24.8 Å². The van der Waals surface area contributed by atoms with Crippen LogP contribution < -0.4 is 0 Å². The van der Waals surface area contributed by atoms with Gasteiger partial charge in [0.2, 0.25) is 5.91 Å². The normalized spacial score (nSPS) is 24.8. The number of carbonyl (C=O) groups excluding carboxylic acids is 1. The van der Waals surface area contributed by atoms with Gasteiger partial charge in [-0.05, 0) is 30.4 Å². The zero-order valence-electron chi connectivity index (χ0n) is 17.2. The first-order valence-corrected chi connectivity index (χ1v) is 10.5. The summed E-state index contributed by atoms with van der Waals surface area (Å²) in [6, 6.07) is 8.67. The van der Waals surface area contributed by atoms with E-state index in [0.717, 1.165) is 49.0 Å². The zero-order valence-corrected chi connectivity index (χ0v) is 17.9. The van der Waals surface area contributed by atoms with Crippen LogP contribution in [0.4, 0.5) is 0 Å². The number of benzene rings is 1. The molecular formula is C22H29ClN4O. The molecule has 1 aromatic carbocycles. The van der Waals surface area contributed by atoms with Crippen LogP contribution in [0, 0.1) is 18.8 Å². The molecule has 0 radical (unpaired) electrons. The standard InChI is InChI=1S/C22H29ClN4O/c1-5-20-19(22(23)25(4)24-20)13-26-10-16-11-27(15(3)28)21(18(16)12-26)17-9-7-6-8-14(17)2/h6-9,16,18,21H,5,10-13H2,1-4H3/t16-,18-,21-/m1/s1. The number of rotatable bonds is 4. The predicted molar refractivity (Wildman–Crippen MR) is 111 cm³/mol. The molecule has 0 spiro atoms. The molecule has 3 atom stereocenters. The Hall–Kier alpha value is -1.85. The number of fused-ring (bicyclic) bond motifs is 1. The molecule has 2 fully saturated rings. The molecule has 0 bridgehead atoms.